The molecule has 0 spiro atoms. The van der Waals surface area contributed by atoms with Crippen molar-refractivity contribution in [2.45, 2.75) is 38.6 Å². The maximum absolute atomic E-state index is 12.5. The second-order valence-electron chi connectivity index (χ2n) is 6.48. The van der Waals surface area contributed by atoms with Crippen molar-refractivity contribution in [1.82, 2.24) is 9.88 Å². The summed E-state index contributed by atoms with van der Waals surface area (Å²) in [5, 5.41) is 1.33. The highest BCUT2D eigenvalue weighted by molar-refractivity contribution is 5.87. The molecule has 1 saturated heterocycles. The standard InChI is InChI=1S/C17H20N2O/c1-11-7-9-17(2)15-13(8-10-19(17)16(11)20)12-5-3-4-6-14(12)18-15/h3-6,11,18H,7-10H2,1-2H3. The van der Waals surface area contributed by atoms with E-state index in [2.05, 4.69) is 48.0 Å². The summed E-state index contributed by atoms with van der Waals surface area (Å²) in [6.07, 6.45) is 3.01. The minimum Gasteiger partial charge on any atom is -0.356 e. The van der Waals surface area contributed by atoms with E-state index in [1.165, 1.54) is 22.2 Å². The lowest BCUT2D eigenvalue weighted by Crippen LogP contribution is -2.56. The predicted octanol–water partition coefficient (Wildman–Crippen LogP) is 3.20. The number of H-pyrrole nitrogens is 1. The van der Waals surface area contributed by atoms with Crippen molar-refractivity contribution in [3.63, 3.8) is 0 Å². The normalized spacial score (nSPS) is 29.4. The molecule has 2 aliphatic rings. The van der Waals surface area contributed by atoms with Crippen molar-refractivity contribution in [3.8, 4) is 0 Å². The smallest absolute Gasteiger partial charge is 0.226 e. The number of carbonyl (C=O) groups is 1. The van der Waals surface area contributed by atoms with Crippen molar-refractivity contribution in [2.75, 3.05) is 6.54 Å². The summed E-state index contributed by atoms with van der Waals surface area (Å²) in [6, 6.07) is 8.49. The Morgan fingerprint density at radius 1 is 1.35 bits per heavy atom. The number of amides is 1. The Labute approximate surface area is 119 Å². The van der Waals surface area contributed by atoms with E-state index < -0.39 is 0 Å². The number of aromatic nitrogens is 1. The minimum atomic E-state index is -0.143. The molecule has 3 heteroatoms. The molecule has 0 saturated carbocycles. The fourth-order valence-electron chi connectivity index (χ4n) is 4.03. The number of aromatic amines is 1. The molecular weight excluding hydrogens is 248 g/mol. The molecule has 3 nitrogen and oxygen atoms in total. The Kier molecular flexibility index (Phi) is 2.33. The van der Waals surface area contributed by atoms with Crippen LogP contribution in [0, 0.1) is 5.92 Å². The molecule has 1 aromatic carbocycles. The molecule has 1 aromatic heterocycles. The quantitative estimate of drug-likeness (QED) is 0.782. The number of rotatable bonds is 0. The highest BCUT2D eigenvalue weighted by atomic mass is 16.2. The summed E-state index contributed by atoms with van der Waals surface area (Å²) in [6.45, 7) is 5.14. The number of piperidine rings is 1. The van der Waals surface area contributed by atoms with Crippen LogP contribution in [0.1, 0.15) is 37.9 Å². The van der Waals surface area contributed by atoms with Gasteiger partial charge in [0.25, 0.3) is 0 Å². The first-order valence-electron chi connectivity index (χ1n) is 7.53. The first-order valence-corrected chi connectivity index (χ1v) is 7.53. The fourth-order valence-corrected chi connectivity index (χ4v) is 4.03. The predicted molar refractivity (Wildman–Crippen MR) is 79.5 cm³/mol. The Morgan fingerprint density at radius 2 is 2.15 bits per heavy atom. The van der Waals surface area contributed by atoms with Crippen molar-refractivity contribution >= 4 is 16.8 Å². The number of nitrogens with zero attached hydrogens (tertiary/aromatic N) is 1. The Balaban J connectivity index is 1.92. The van der Waals surface area contributed by atoms with Crippen LogP contribution in [-0.4, -0.2) is 22.3 Å². The second kappa shape index (κ2) is 3.87. The van der Waals surface area contributed by atoms with E-state index in [0.717, 1.165) is 25.8 Å². The van der Waals surface area contributed by atoms with Crippen LogP contribution in [0.5, 0.6) is 0 Å². The third-order valence-corrected chi connectivity index (χ3v) is 5.29. The molecule has 1 N–H and O–H groups in total. The minimum absolute atomic E-state index is 0.143. The van der Waals surface area contributed by atoms with Gasteiger partial charge in [-0.15, -0.1) is 0 Å². The van der Waals surface area contributed by atoms with Crippen molar-refractivity contribution < 1.29 is 4.79 Å². The summed E-state index contributed by atoms with van der Waals surface area (Å²) >= 11 is 0. The van der Waals surface area contributed by atoms with Crippen LogP contribution in [0.15, 0.2) is 24.3 Å². The van der Waals surface area contributed by atoms with Gasteiger partial charge in [-0.3, -0.25) is 4.79 Å². The number of benzene rings is 1. The molecule has 0 bridgehead atoms. The zero-order chi connectivity index (χ0) is 13.9. The highest BCUT2D eigenvalue weighted by Crippen LogP contribution is 2.45. The topological polar surface area (TPSA) is 36.1 Å². The maximum Gasteiger partial charge on any atom is 0.226 e. The first-order chi connectivity index (χ1) is 9.61. The van der Waals surface area contributed by atoms with E-state index in [4.69, 9.17) is 0 Å². The number of carbonyl (C=O) groups excluding carboxylic acids is 1. The second-order valence-corrected chi connectivity index (χ2v) is 6.48. The van der Waals surface area contributed by atoms with Gasteiger partial charge in [0.2, 0.25) is 5.91 Å². The van der Waals surface area contributed by atoms with Crippen molar-refractivity contribution in [2.24, 2.45) is 5.92 Å². The molecule has 0 radical (unpaired) electrons. The lowest BCUT2D eigenvalue weighted by molar-refractivity contribution is -0.148. The van der Waals surface area contributed by atoms with Crippen molar-refractivity contribution in [1.29, 1.82) is 0 Å². The molecule has 2 aliphatic heterocycles. The number of hydrogen-bond donors (Lipinski definition) is 1. The molecule has 2 unspecified atom stereocenters. The Hall–Kier alpha value is -1.77. The molecule has 2 atom stereocenters. The third-order valence-electron chi connectivity index (χ3n) is 5.29. The number of nitrogens with one attached hydrogen (secondary N) is 1. The van der Waals surface area contributed by atoms with Crippen LogP contribution in [0.25, 0.3) is 10.9 Å². The van der Waals surface area contributed by atoms with Gasteiger partial charge in [0.1, 0.15) is 0 Å². The monoisotopic (exact) mass is 268 g/mol. The Bertz CT molecular complexity index is 702. The summed E-state index contributed by atoms with van der Waals surface area (Å²) in [5.74, 6) is 0.497. The van der Waals surface area contributed by atoms with Crippen LogP contribution >= 0.6 is 0 Å². The number of para-hydroxylation sites is 1. The van der Waals surface area contributed by atoms with E-state index in [1.807, 2.05) is 0 Å². The summed E-state index contributed by atoms with van der Waals surface area (Å²) < 4.78 is 0. The average Bonchev–Trinajstić information content (AvgIpc) is 2.84. The maximum atomic E-state index is 12.5. The zero-order valence-corrected chi connectivity index (χ0v) is 12.1. The fraction of sp³-hybridized carbons (Fsp3) is 0.471. The van der Waals surface area contributed by atoms with Gasteiger partial charge < -0.3 is 9.88 Å². The van der Waals surface area contributed by atoms with Gasteiger partial charge in [0, 0.05) is 29.1 Å². The van der Waals surface area contributed by atoms with Crippen LogP contribution < -0.4 is 0 Å². The SMILES string of the molecule is CC1CCC2(C)c3[nH]c4ccccc4c3CCN2C1=O. The number of fused-ring (bicyclic) bond motifs is 5. The lowest BCUT2D eigenvalue weighted by atomic mass is 9.77. The van der Waals surface area contributed by atoms with Gasteiger partial charge in [0.15, 0.2) is 0 Å². The largest absolute Gasteiger partial charge is 0.356 e. The van der Waals surface area contributed by atoms with E-state index in [-0.39, 0.29) is 11.5 Å². The van der Waals surface area contributed by atoms with Gasteiger partial charge >= 0.3 is 0 Å². The highest BCUT2D eigenvalue weighted by Gasteiger charge is 2.47. The molecule has 3 heterocycles. The zero-order valence-electron chi connectivity index (χ0n) is 12.1. The van der Waals surface area contributed by atoms with Crippen molar-refractivity contribution in [3.05, 3.63) is 35.5 Å². The van der Waals surface area contributed by atoms with E-state index in [0.29, 0.717) is 5.91 Å². The summed E-state index contributed by atoms with van der Waals surface area (Å²) in [5.41, 5.74) is 3.74. The van der Waals surface area contributed by atoms with Crippen LogP contribution in [-0.2, 0) is 16.8 Å². The molecule has 4 rings (SSSR count). The Morgan fingerprint density at radius 3 is 3.00 bits per heavy atom. The van der Waals surface area contributed by atoms with Gasteiger partial charge in [-0.05, 0) is 37.8 Å². The lowest BCUT2D eigenvalue weighted by Gasteiger charge is -2.49. The van der Waals surface area contributed by atoms with Crippen LogP contribution in [0.3, 0.4) is 0 Å². The van der Waals surface area contributed by atoms with Crippen LogP contribution in [0.2, 0.25) is 0 Å². The summed E-state index contributed by atoms with van der Waals surface area (Å²) in [4.78, 5) is 18.2. The average molecular weight is 268 g/mol. The first kappa shape index (κ1) is 12.0. The molecule has 20 heavy (non-hydrogen) atoms. The van der Waals surface area contributed by atoms with Gasteiger partial charge in [-0.2, -0.15) is 0 Å². The van der Waals surface area contributed by atoms with Crippen LogP contribution in [0.4, 0.5) is 0 Å². The van der Waals surface area contributed by atoms with E-state index in [1.54, 1.807) is 0 Å². The van der Waals surface area contributed by atoms with Gasteiger partial charge in [-0.25, -0.2) is 0 Å². The molecule has 0 aliphatic carbocycles. The summed E-state index contributed by atoms with van der Waals surface area (Å²) in [7, 11) is 0. The molecule has 1 fully saturated rings. The van der Waals surface area contributed by atoms with E-state index >= 15 is 0 Å². The van der Waals surface area contributed by atoms with Gasteiger partial charge in [0.05, 0.1) is 5.54 Å². The van der Waals surface area contributed by atoms with Gasteiger partial charge in [-0.1, -0.05) is 25.1 Å². The molecule has 104 valence electrons. The molecular formula is C17H20N2O. The third kappa shape index (κ3) is 1.38. The molecule has 2 aromatic rings. The van der Waals surface area contributed by atoms with E-state index in [9.17, 15) is 4.79 Å². The number of hydrogen-bond acceptors (Lipinski definition) is 1. The molecule has 1 amide bonds.